The fraction of sp³-hybridized carbons (Fsp3) is 0.480. The topological polar surface area (TPSA) is 32.8 Å². The zero-order chi connectivity index (χ0) is 21.5. The van der Waals surface area contributed by atoms with Gasteiger partial charge in [-0.15, -0.1) is 0 Å². The maximum atomic E-state index is 13.7. The lowest BCUT2D eigenvalue weighted by Gasteiger charge is -2.39. The molecule has 2 heterocycles. The van der Waals surface area contributed by atoms with E-state index in [9.17, 15) is 13.6 Å². The first-order valence-electron chi connectivity index (χ1n) is 11.1. The molecule has 0 N–H and O–H groups in total. The average Bonchev–Trinajstić information content (AvgIpc) is 3.57. The van der Waals surface area contributed by atoms with Crippen LogP contribution in [0.25, 0.3) is 0 Å². The second-order valence-corrected chi connectivity index (χ2v) is 9.15. The molecule has 0 radical (unpaired) electrons. The molecular formula is C25H28F2N2O2. The van der Waals surface area contributed by atoms with E-state index in [1.165, 1.54) is 17.7 Å². The summed E-state index contributed by atoms with van der Waals surface area (Å²) in [6.45, 7) is 3.04. The van der Waals surface area contributed by atoms with Gasteiger partial charge < -0.3 is 9.64 Å². The highest BCUT2D eigenvalue weighted by Gasteiger charge is 2.49. The van der Waals surface area contributed by atoms with Crippen LogP contribution in [0.15, 0.2) is 42.5 Å². The van der Waals surface area contributed by atoms with Crippen LogP contribution in [0.3, 0.4) is 0 Å². The van der Waals surface area contributed by atoms with Crippen LogP contribution in [0.1, 0.15) is 36.3 Å². The van der Waals surface area contributed by atoms with Gasteiger partial charge in [-0.05, 0) is 54.7 Å². The summed E-state index contributed by atoms with van der Waals surface area (Å²) in [5.41, 5.74) is 2.01. The quantitative estimate of drug-likeness (QED) is 0.719. The third kappa shape index (κ3) is 4.05. The number of ether oxygens (including phenoxy) is 1. The Balaban J connectivity index is 1.37. The van der Waals surface area contributed by atoms with Gasteiger partial charge in [0.2, 0.25) is 5.91 Å². The van der Waals surface area contributed by atoms with Gasteiger partial charge in [-0.25, -0.2) is 8.78 Å². The summed E-state index contributed by atoms with van der Waals surface area (Å²) in [5, 5.41) is 0. The maximum absolute atomic E-state index is 13.7. The van der Waals surface area contributed by atoms with E-state index in [1.807, 2.05) is 12.1 Å². The number of nitrogens with zero attached hydrogens (tertiary/aromatic N) is 2. The lowest BCUT2D eigenvalue weighted by atomic mass is 9.81. The van der Waals surface area contributed by atoms with E-state index in [1.54, 1.807) is 13.2 Å². The summed E-state index contributed by atoms with van der Waals surface area (Å²) in [4.78, 5) is 17.5. The first kappa shape index (κ1) is 20.4. The standard InChI is InChI=1S/C25H28F2N2O2/c1-31-19-7-5-17(6-8-19)20-15-29(25(30)18-3-4-18)24-10-11-28(14-21(20)24)13-16-2-9-22(26)23(27)12-16/h2,5-9,12,18,20-21,24H,3-4,10-11,13-15H2,1H3/t20-,21-,24-/m1/s1. The minimum Gasteiger partial charge on any atom is -0.497 e. The molecule has 3 aliphatic rings. The van der Waals surface area contributed by atoms with Gasteiger partial charge in [0.25, 0.3) is 0 Å². The van der Waals surface area contributed by atoms with Crippen molar-refractivity contribution in [3.63, 3.8) is 0 Å². The van der Waals surface area contributed by atoms with Crippen LogP contribution < -0.4 is 4.74 Å². The van der Waals surface area contributed by atoms with E-state index in [0.717, 1.165) is 50.2 Å². The normalized spacial score (nSPS) is 26.0. The number of methoxy groups -OCH3 is 1. The Labute approximate surface area is 181 Å². The lowest BCUT2D eigenvalue weighted by Crippen LogP contribution is -2.48. The molecule has 1 amide bonds. The van der Waals surface area contributed by atoms with E-state index in [0.29, 0.717) is 18.4 Å². The minimum absolute atomic E-state index is 0.218. The Hall–Kier alpha value is -2.47. The number of piperidine rings is 1. The van der Waals surface area contributed by atoms with Crippen LogP contribution in [-0.2, 0) is 11.3 Å². The van der Waals surface area contributed by atoms with Gasteiger partial charge in [-0.2, -0.15) is 0 Å². The van der Waals surface area contributed by atoms with Crippen molar-refractivity contribution in [2.24, 2.45) is 11.8 Å². The zero-order valence-corrected chi connectivity index (χ0v) is 17.8. The molecule has 3 fully saturated rings. The largest absolute Gasteiger partial charge is 0.497 e. The van der Waals surface area contributed by atoms with E-state index in [-0.39, 0.29) is 17.9 Å². The van der Waals surface area contributed by atoms with Crippen molar-refractivity contribution < 1.29 is 18.3 Å². The number of amides is 1. The van der Waals surface area contributed by atoms with Gasteiger partial charge in [-0.3, -0.25) is 9.69 Å². The van der Waals surface area contributed by atoms with E-state index in [2.05, 4.69) is 21.9 Å². The molecule has 0 aromatic heterocycles. The Morgan fingerprint density at radius 2 is 1.81 bits per heavy atom. The van der Waals surface area contributed by atoms with E-state index >= 15 is 0 Å². The highest BCUT2D eigenvalue weighted by molar-refractivity contribution is 5.82. The minimum atomic E-state index is -0.813. The second-order valence-electron chi connectivity index (χ2n) is 9.15. The number of halogens is 2. The van der Waals surface area contributed by atoms with Crippen LogP contribution in [0, 0.1) is 23.5 Å². The predicted octanol–water partition coefficient (Wildman–Crippen LogP) is 4.20. The molecule has 5 rings (SSSR count). The summed E-state index contributed by atoms with van der Waals surface area (Å²) in [6, 6.07) is 12.6. The number of hydrogen-bond donors (Lipinski definition) is 0. The molecule has 3 atom stereocenters. The number of hydrogen-bond acceptors (Lipinski definition) is 3. The van der Waals surface area contributed by atoms with Gasteiger partial charge in [0.1, 0.15) is 5.75 Å². The van der Waals surface area contributed by atoms with Crippen LogP contribution in [0.2, 0.25) is 0 Å². The molecule has 4 nitrogen and oxygen atoms in total. The summed E-state index contributed by atoms with van der Waals surface area (Å²) in [7, 11) is 1.66. The van der Waals surface area contributed by atoms with Gasteiger partial charge in [0, 0.05) is 50.0 Å². The molecule has 2 aromatic rings. The Bertz CT molecular complexity index is 960. The summed E-state index contributed by atoms with van der Waals surface area (Å²) in [6.07, 6.45) is 2.95. The highest BCUT2D eigenvalue weighted by atomic mass is 19.2. The molecule has 6 heteroatoms. The van der Waals surface area contributed by atoms with Crippen LogP contribution in [0.4, 0.5) is 8.78 Å². The first-order valence-corrected chi connectivity index (χ1v) is 11.1. The molecule has 0 bridgehead atoms. The average molecular weight is 427 g/mol. The molecule has 0 unspecified atom stereocenters. The number of carbonyl (C=O) groups excluding carboxylic acids is 1. The van der Waals surface area contributed by atoms with Crippen molar-refractivity contribution in [3.05, 3.63) is 65.2 Å². The van der Waals surface area contributed by atoms with Crippen molar-refractivity contribution >= 4 is 5.91 Å². The number of fused-ring (bicyclic) bond motifs is 1. The fourth-order valence-corrected chi connectivity index (χ4v) is 5.37. The summed E-state index contributed by atoms with van der Waals surface area (Å²) in [5.74, 6) is 0.350. The number of benzene rings is 2. The number of carbonyl (C=O) groups is 1. The van der Waals surface area contributed by atoms with E-state index < -0.39 is 11.6 Å². The van der Waals surface area contributed by atoms with Crippen LogP contribution in [-0.4, -0.2) is 48.5 Å². The van der Waals surface area contributed by atoms with Crippen molar-refractivity contribution in [2.75, 3.05) is 26.7 Å². The molecule has 2 saturated heterocycles. The lowest BCUT2D eigenvalue weighted by molar-refractivity contribution is -0.134. The summed E-state index contributed by atoms with van der Waals surface area (Å²) < 4.78 is 32.3. The third-order valence-corrected chi connectivity index (χ3v) is 7.16. The van der Waals surface area contributed by atoms with E-state index in [4.69, 9.17) is 4.74 Å². The summed E-state index contributed by atoms with van der Waals surface area (Å²) >= 11 is 0. The molecule has 2 aromatic carbocycles. The van der Waals surface area contributed by atoms with Gasteiger partial charge in [0.05, 0.1) is 7.11 Å². The van der Waals surface area contributed by atoms with Crippen molar-refractivity contribution in [3.8, 4) is 5.75 Å². The molecule has 1 aliphatic carbocycles. The molecular weight excluding hydrogens is 398 g/mol. The monoisotopic (exact) mass is 426 g/mol. The number of likely N-dealkylation sites (tertiary alicyclic amines) is 2. The second kappa shape index (κ2) is 8.23. The molecule has 2 aliphatic heterocycles. The smallest absolute Gasteiger partial charge is 0.225 e. The van der Waals surface area contributed by atoms with Crippen molar-refractivity contribution in [2.45, 2.75) is 37.8 Å². The molecule has 31 heavy (non-hydrogen) atoms. The fourth-order valence-electron chi connectivity index (χ4n) is 5.37. The highest BCUT2D eigenvalue weighted by Crippen LogP contribution is 2.44. The SMILES string of the molecule is COc1ccc([C@H]2CN(C(=O)C3CC3)[C@@H]3CCN(Cc4ccc(F)c(F)c4)C[C@H]23)cc1. The molecule has 0 spiro atoms. The molecule has 1 saturated carbocycles. The van der Waals surface area contributed by atoms with Gasteiger partial charge in [0.15, 0.2) is 11.6 Å². The maximum Gasteiger partial charge on any atom is 0.225 e. The van der Waals surface area contributed by atoms with Gasteiger partial charge in [-0.1, -0.05) is 18.2 Å². The predicted molar refractivity (Wildman–Crippen MR) is 114 cm³/mol. The van der Waals surface area contributed by atoms with Crippen molar-refractivity contribution in [1.29, 1.82) is 0 Å². The van der Waals surface area contributed by atoms with Crippen molar-refractivity contribution in [1.82, 2.24) is 9.80 Å². The Morgan fingerprint density at radius 3 is 2.48 bits per heavy atom. The molecule has 164 valence electrons. The Morgan fingerprint density at radius 1 is 1.03 bits per heavy atom. The van der Waals surface area contributed by atoms with Crippen LogP contribution >= 0.6 is 0 Å². The zero-order valence-electron chi connectivity index (χ0n) is 17.8. The van der Waals surface area contributed by atoms with Crippen LogP contribution in [0.5, 0.6) is 5.75 Å². The Kier molecular flexibility index (Phi) is 5.42. The first-order chi connectivity index (χ1) is 15.0. The number of rotatable bonds is 5. The van der Waals surface area contributed by atoms with Gasteiger partial charge >= 0.3 is 0 Å². The third-order valence-electron chi connectivity index (χ3n) is 7.16.